The number of hydrogen-bond donors (Lipinski definition) is 1. The highest BCUT2D eigenvalue weighted by molar-refractivity contribution is 7.99. The van der Waals surface area contributed by atoms with E-state index in [1.165, 1.54) is 36.7 Å². The largest absolute Gasteiger partial charge is 0.315 e. The van der Waals surface area contributed by atoms with Crippen molar-refractivity contribution in [3.05, 3.63) is 18.0 Å². The molecule has 0 amide bonds. The smallest absolute Gasteiger partial charge is 0.0522 e. The molecule has 1 fully saturated rings. The SMILES string of the molecule is Cn1cc(CCNCCN2CCSCC2)cn1. The Kier molecular flexibility index (Phi) is 5.35. The van der Waals surface area contributed by atoms with E-state index in [1.807, 2.05) is 17.9 Å². The highest BCUT2D eigenvalue weighted by Gasteiger charge is 2.08. The van der Waals surface area contributed by atoms with Crippen LogP contribution < -0.4 is 5.32 Å². The first kappa shape index (κ1) is 12.9. The number of aryl methyl sites for hydroxylation is 1. The van der Waals surface area contributed by atoms with Gasteiger partial charge in [-0.15, -0.1) is 0 Å². The second-order valence-electron chi connectivity index (χ2n) is 4.48. The van der Waals surface area contributed by atoms with Gasteiger partial charge >= 0.3 is 0 Å². The lowest BCUT2D eigenvalue weighted by molar-refractivity contribution is 0.301. The highest BCUT2D eigenvalue weighted by Crippen LogP contribution is 2.07. The minimum atomic E-state index is 1.05. The maximum Gasteiger partial charge on any atom is 0.0522 e. The van der Waals surface area contributed by atoms with E-state index in [4.69, 9.17) is 0 Å². The Morgan fingerprint density at radius 3 is 2.88 bits per heavy atom. The zero-order chi connectivity index (χ0) is 11.9. The predicted octanol–water partition coefficient (Wildman–Crippen LogP) is 0.601. The first-order chi connectivity index (χ1) is 8.34. The van der Waals surface area contributed by atoms with Gasteiger partial charge in [0.15, 0.2) is 0 Å². The average molecular weight is 254 g/mol. The molecule has 2 rings (SSSR count). The Morgan fingerprint density at radius 1 is 1.35 bits per heavy atom. The standard InChI is InChI=1S/C12H22N4S/c1-15-11-12(10-14-15)2-3-13-4-5-16-6-8-17-9-7-16/h10-11,13H,2-9H2,1H3. The minimum absolute atomic E-state index is 1.05. The van der Waals surface area contributed by atoms with Crippen LogP contribution in [0.2, 0.25) is 0 Å². The maximum absolute atomic E-state index is 4.17. The van der Waals surface area contributed by atoms with Crippen molar-refractivity contribution in [2.45, 2.75) is 6.42 Å². The number of nitrogens with zero attached hydrogens (tertiary/aromatic N) is 3. The van der Waals surface area contributed by atoms with Crippen LogP contribution in [-0.4, -0.2) is 58.9 Å². The van der Waals surface area contributed by atoms with Crippen molar-refractivity contribution in [3.63, 3.8) is 0 Å². The summed E-state index contributed by atoms with van der Waals surface area (Å²) >= 11 is 2.07. The van der Waals surface area contributed by atoms with Crippen LogP contribution in [0.15, 0.2) is 12.4 Å². The summed E-state index contributed by atoms with van der Waals surface area (Å²) < 4.78 is 1.86. The average Bonchev–Trinajstić information content (AvgIpc) is 2.76. The van der Waals surface area contributed by atoms with Gasteiger partial charge in [-0.3, -0.25) is 4.68 Å². The van der Waals surface area contributed by atoms with Gasteiger partial charge in [0.2, 0.25) is 0 Å². The van der Waals surface area contributed by atoms with E-state index in [2.05, 4.69) is 33.3 Å². The van der Waals surface area contributed by atoms with Crippen LogP contribution >= 0.6 is 11.8 Å². The first-order valence-electron chi connectivity index (χ1n) is 6.33. The molecule has 0 bridgehead atoms. The lowest BCUT2D eigenvalue weighted by Crippen LogP contribution is -2.38. The zero-order valence-corrected chi connectivity index (χ0v) is 11.4. The second-order valence-corrected chi connectivity index (χ2v) is 5.70. The molecule has 1 aromatic rings. The Balaban J connectivity index is 1.51. The molecule has 4 nitrogen and oxygen atoms in total. The Bertz CT molecular complexity index is 320. The molecule has 0 aliphatic carbocycles. The number of hydrogen-bond acceptors (Lipinski definition) is 4. The third kappa shape index (κ3) is 4.69. The quantitative estimate of drug-likeness (QED) is 0.754. The van der Waals surface area contributed by atoms with Gasteiger partial charge in [-0.2, -0.15) is 16.9 Å². The summed E-state index contributed by atoms with van der Waals surface area (Å²) in [4.78, 5) is 2.55. The fourth-order valence-electron chi connectivity index (χ4n) is 2.02. The fourth-order valence-corrected chi connectivity index (χ4v) is 3.00. The molecule has 17 heavy (non-hydrogen) atoms. The van der Waals surface area contributed by atoms with E-state index in [1.54, 1.807) is 0 Å². The Labute approximate surface area is 108 Å². The van der Waals surface area contributed by atoms with Gasteiger partial charge in [0, 0.05) is 50.9 Å². The normalized spacial score (nSPS) is 17.5. The van der Waals surface area contributed by atoms with Crippen molar-refractivity contribution in [2.75, 3.05) is 44.2 Å². The van der Waals surface area contributed by atoms with E-state index in [-0.39, 0.29) is 0 Å². The van der Waals surface area contributed by atoms with Crippen LogP contribution in [0.5, 0.6) is 0 Å². The summed E-state index contributed by atoms with van der Waals surface area (Å²) in [7, 11) is 1.96. The molecule has 5 heteroatoms. The molecule has 1 aromatic heterocycles. The Hall–Kier alpha value is -0.520. The molecule has 96 valence electrons. The third-order valence-electron chi connectivity index (χ3n) is 3.06. The van der Waals surface area contributed by atoms with Crippen molar-refractivity contribution in [2.24, 2.45) is 7.05 Å². The number of thioether (sulfide) groups is 1. The molecule has 1 N–H and O–H groups in total. The summed E-state index contributed by atoms with van der Waals surface area (Å²) in [5.74, 6) is 2.60. The predicted molar refractivity (Wildman–Crippen MR) is 73.5 cm³/mol. The summed E-state index contributed by atoms with van der Waals surface area (Å²) in [6.07, 6.45) is 5.11. The van der Waals surface area contributed by atoms with Crippen LogP contribution in [0, 0.1) is 0 Å². The van der Waals surface area contributed by atoms with Gasteiger partial charge in [0.25, 0.3) is 0 Å². The molecule has 2 heterocycles. The second kappa shape index (κ2) is 7.03. The minimum Gasteiger partial charge on any atom is -0.315 e. The molecule has 0 spiro atoms. The topological polar surface area (TPSA) is 33.1 Å². The van der Waals surface area contributed by atoms with Crippen LogP contribution in [-0.2, 0) is 13.5 Å². The summed E-state index contributed by atoms with van der Waals surface area (Å²) in [6.45, 7) is 5.86. The molecule has 1 aliphatic rings. The van der Waals surface area contributed by atoms with Crippen molar-refractivity contribution < 1.29 is 0 Å². The number of nitrogens with one attached hydrogen (secondary N) is 1. The lowest BCUT2D eigenvalue weighted by Gasteiger charge is -2.26. The molecule has 0 radical (unpaired) electrons. The number of aromatic nitrogens is 2. The highest BCUT2D eigenvalue weighted by atomic mass is 32.2. The molecule has 1 saturated heterocycles. The van der Waals surface area contributed by atoms with Gasteiger partial charge in [-0.25, -0.2) is 0 Å². The summed E-state index contributed by atoms with van der Waals surface area (Å²) in [5, 5.41) is 7.67. The molecular formula is C12H22N4S. The van der Waals surface area contributed by atoms with E-state index in [0.717, 1.165) is 19.5 Å². The Morgan fingerprint density at radius 2 is 2.18 bits per heavy atom. The van der Waals surface area contributed by atoms with Crippen LogP contribution in [0.1, 0.15) is 5.56 Å². The van der Waals surface area contributed by atoms with Crippen LogP contribution in [0.3, 0.4) is 0 Å². The summed E-state index contributed by atoms with van der Waals surface area (Å²) in [6, 6.07) is 0. The van der Waals surface area contributed by atoms with Gasteiger partial charge in [-0.05, 0) is 18.5 Å². The lowest BCUT2D eigenvalue weighted by atomic mass is 10.2. The number of rotatable bonds is 6. The van der Waals surface area contributed by atoms with E-state index >= 15 is 0 Å². The van der Waals surface area contributed by atoms with E-state index < -0.39 is 0 Å². The molecule has 1 aliphatic heterocycles. The van der Waals surface area contributed by atoms with E-state index in [0.29, 0.717) is 0 Å². The zero-order valence-electron chi connectivity index (χ0n) is 10.6. The maximum atomic E-state index is 4.17. The van der Waals surface area contributed by atoms with Gasteiger partial charge in [-0.1, -0.05) is 0 Å². The van der Waals surface area contributed by atoms with E-state index in [9.17, 15) is 0 Å². The fraction of sp³-hybridized carbons (Fsp3) is 0.750. The molecule has 0 saturated carbocycles. The van der Waals surface area contributed by atoms with Crippen molar-refractivity contribution in [1.82, 2.24) is 20.0 Å². The van der Waals surface area contributed by atoms with Gasteiger partial charge < -0.3 is 10.2 Å². The monoisotopic (exact) mass is 254 g/mol. The van der Waals surface area contributed by atoms with Gasteiger partial charge in [0.05, 0.1) is 6.20 Å². The van der Waals surface area contributed by atoms with Crippen LogP contribution in [0.25, 0.3) is 0 Å². The van der Waals surface area contributed by atoms with Crippen LogP contribution in [0.4, 0.5) is 0 Å². The molecule has 0 atom stereocenters. The first-order valence-corrected chi connectivity index (χ1v) is 7.48. The third-order valence-corrected chi connectivity index (χ3v) is 4.00. The molecule has 0 aromatic carbocycles. The van der Waals surface area contributed by atoms with Crippen molar-refractivity contribution in [3.8, 4) is 0 Å². The molecular weight excluding hydrogens is 232 g/mol. The van der Waals surface area contributed by atoms with Gasteiger partial charge in [0.1, 0.15) is 0 Å². The molecule has 0 unspecified atom stereocenters. The van der Waals surface area contributed by atoms with Crippen molar-refractivity contribution >= 4 is 11.8 Å². The van der Waals surface area contributed by atoms with Crippen molar-refractivity contribution in [1.29, 1.82) is 0 Å². The summed E-state index contributed by atoms with van der Waals surface area (Å²) in [5.41, 5.74) is 1.31.